The smallest absolute Gasteiger partial charge is 0.219 e. The van der Waals surface area contributed by atoms with Crippen molar-refractivity contribution < 1.29 is 0 Å². The van der Waals surface area contributed by atoms with Crippen molar-refractivity contribution in [2.75, 3.05) is 6.26 Å². The predicted octanol–water partition coefficient (Wildman–Crippen LogP) is 3.09. The molecular formula is C13H11ClN4S. The van der Waals surface area contributed by atoms with Gasteiger partial charge in [-0.15, -0.1) is 11.8 Å². The predicted molar refractivity (Wildman–Crippen MR) is 76.8 cm³/mol. The lowest BCUT2D eigenvalue weighted by molar-refractivity contribution is 0.916. The van der Waals surface area contributed by atoms with Crippen LogP contribution in [0.4, 0.5) is 0 Å². The second-order valence-electron chi connectivity index (χ2n) is 4.07. The van der Waals surface area contributed by atoms with E-state index >= 15 is 0 Å². The van der Waals surface area contributed by atoms with E-state index in [1.54, 1.807) is 22.5 Å². The highest BCUT2D eigenvalue weighted by molar-refractivity contribution is 7.98. The Balaban J connectivity index is 1.93. The lowest BCUT2D eigenvalue weighted by Crippen LogP contribution is -1.99. The van der Waals surface area contributed by atoms with E-state index in [-0.39, 0.29) is 0 Å². The maximum absolute atomic E-state index is 6.31. The van der Waals surface area contributed by atoms with Crippen LogP contribution >= 0.6 is 23.4 Å². The van der Waals surface area contributed by atoms with Crippen LogP contribution in [0.3, 0.4) is 0 Å². The largest absolute Gasteiger partial charge is 0.253 e. The summed E-state index contributed by atoms with van der Waals surface area (Å²) in [5, 5.41) is 4.62. The fourth-order valence-corrected chi connectivity index (χ4v) is 2.51. The van der Waals surface area contributed by atoms with Crippen molar-refractivity contribution in [1.29, 1.82) is 0 Å². The van der Waals surface area contributed by atoms with Crippen LogP contribution < -0.4 is 0 Å². The third-order valence-corrected chi connectivity index (χ3v) is 4.02. The number of nitrogens with zero attached hydrogens (tertiary/aromatic N) is 4. The Morgan fingerprint density at radius 3 is 2.74 bits per heavy atom. The number of aromatic nitrogens is 4. The molecule has 0 atom stereocenters. The molecular weight excluding hydrogens is 280 g/mol. The molecule has 0 unspecified atom stereocenters. The van der Waals surface area contributed by atoms with Crippen molar-refractivity contribution in [3.8, 4) is 0 Å². The van der Waals surface area contributed by atoms with Gasteiger partial charge < -0.3 is 0 Å². The molecule has 0 aliphatic heterocycles. The molecule has 0 spiro atoms. The maximum Gasteiger partial charge on any atom is 0.253 e. The Morgan fingerprint density at radius 2 is 2.00 bits per heavy atom. The van der Waals surface area contributed by atoms with Gasteiger partial charge in [0, 0.05) is 23.1 Å². The average Bonchev–Trinajstić information content (AvgIpc) is 2.92. The summed E-state index contributed by atoms with van der Waals surface area (Å²) < 4.78 is 1.55. The number of halogens is 1. The Morgan fingerprint density at radius 1 is 1.21 bits per heavy atom. The van der Waals surface area contributed by atoms with Gasteiger partial charge in [-0.2, -0.15) is 14.6 Å². The molecule has 0 bridgehead atoms. The lowest BCUT2D eigenvalue weighted by atomic mass is 10.1. The lowest BCUT2D eigenvalue weighted by Gasteiger charge is -2.05. The van der Waals surface area contributed by atoms with Crippen LogP contribution in [-0.4, -0.2) is 25.8 Å². The molecule has 0 aliphatic carbocycles. The van der Waals surface area contributed by atoms with Crippen LogP contribution in [0, 0.1) is 0 Å². The molecule has 0 saturated heterocycles. The van der Waals surface area contributed by atoms with E-state index < -0.39 is 0 Å². The second kappa shape index (κ2) is 5.19. The third-order valence-electron chi connectivity index (χ3n) is 2.87. The monoisotopic (exact) mass is 290 g/mol. The molecule has 0 fully saturated rings. The van der Waals surface area contributed by atoms with Crippen molar-refractivity contribution in [2.45, 2.75) is 11.3 Å². The van der Waals surface area contributed by atoms with Gasteiger partial charge in [-0.3, -0.25) is 0 Å². The number of thioether (sulfide) groups is 1. The van der Waals surface area contributed by atoms with Gasteiger partial charge in [0.25, 0.3) is 5.78 Å². The van der Waals surface area contributed by atoms with Crippen LogP contribution in [0.2, 0.25) is 5.15 Å². The summed E-state index contributed by atoms with van der Waals surface area (Å²) in [5.74, 6) is 0.520. The molecule has 4 nitrogen and oxygen atoms in total. The molecule has 3 rings (SSSR count). The number of fused-ring (bicyclic) bond motifs is 1. The summed E-state index contributed by atoms with van der Waals surface area (Å²) >= 11 is 8.04. The summed E-state index contributed by atoms with van der Waals surface area (Å²) in [5.41, 5.74) is 2.14. The van der Waals surface area contributed by atoms with E-state index in [9.17, 15) is 0 Å². The molecule has 0 N–H and O–H groups in total. The van der Waals surface area contributed by atoms with Crippen LogP contribution in [0.5, 0.6) is 0 Å². The summed E-state index contributed by atoms with van der Waals surface area (Å²) in [7, 11) is 0. The van der Waals surface area contributed by atoms with E-state index in [1.165, 1.54) is 16.8 Å². The number of benzene rings is 1. The van der Waals surface area contributed by atoms with Crippen molar-refractivity contribution in [2.24, 2.45) is 0 Å². The fraction of sp³-hybridized carbons (Fsp3) is 0.154. The van der Waals surface area contributed by atoms with Crippen molar-refractivity contribution in [3.05, 3.63) is 53.1 Å². The van der Waals surface area contributed by atoms with Crippen LogP contribution in [0.15, 0.2) is 41.7 Å². The zero-order valence-corrected chi connectivity index (χ0v) is 11.8. The minimum atomic E-state index is 0.520. The molecule has 19 heavy (non-hydrogen) atoms. The molecule has 0 aliphatic rings. The second-order valence-corrected chi connectivity index (χ2v) is 5.31. The highest BCUT2D eigenvalue weighted by atomic mass is 35.5. The summed E-state index contributed by atoms with van der Waals surface area (Å²) in [6, 6.07) is 8.42. The van der Waals surface area contributed by atoms with E-state index in [0.717, 1.165) is 12.0 Å². The van der Waals surface area contributed by atoms with Crippen LogP contribution in [0.25, 0.3) is 5.78 Å². The minimum Gasteiger partial charge on any atom is -0.219 e. The molecule has 2 heterocycles. The van der Waals surface area contributed by atoms with Gasteiger partial charge in [0.2, 0.25) is 0 Å². The van der Waals surface area contributed by atoms with E-state index in [4.69, 9.17) is 11.6 Å². The van der Waals surface area contributed by atoms with Crippen molar-refractivity contribution in [3.63, 3.8) is 0 Å². The SMILES string of the molecule is CSc1ccc(Cc2cnc3ncnn3c2Cl)cc1. The molecule has 3 aromatic rings. The zero-order valence-electron chi connectivity index (χ0n) is 10.2. The summed E-state index contributed by atoms with van der Waals surface area (Å²) in [4.78, 5) is 9.49. The molecule has 96 valence electrons. The first-order chi connectivity index (χ1) is 9.28. The molecule has 6 heteroatoms. The molecule has 1 aromatic carbocycles. The first kappa shape index (κ1) is 12.4. The molecule has 0 radical (unpaired) electrons. The third kappa shape index (κ3) is 2.43. The summed E-state index contributed by atoms with van der Waals surface area (Å²) in [6.45, 7) is 0. The minimum absolute atomic E-state index is 0.520. The Hall–Kier alpha value is -1.59. The van der Waals surface area contributed by atoms with Gasteiger partial charge in [-0.1, -0.05) is 23.7 Å². The number of hydrogen-bond donors (Lipinski definition) is 0. The van der Waals surface area contributed by atoms with Gasteiger partial charge in [0.1, 0.15) is 11.5 Å². The number of rotatable bonds is 3. The van der Waals surface area contributed by atoms with Gasteiger partial charge in [-0.05, 0) is 24.0 Å². The van der Waals surface area contributed by atoms with Crippen LogP contribution in [-0.2, 0) is 6.42 Å². The van der Waals surface area contributed by atoms with Gasteiger partial charge in [-0.25, -0.2) is 4.98 Å². The van der Waals surface area contributed by atoms with Gasteiger partial charge >= 0.3 is 0 Å². The summed E-state index contributed by atoms with van der Waals surface area (Å²) in [6.07, 6.45) is 6.00. The van der Waals surface area contributed by atoms with Crippen molar-refractivity contribution in [1.82, 2.24) is 19.6 Å². The zero-order chi connectivity index (χ0) is 13.2. The molecule has 0 amide bonds. The normalized spacial score (nSPS) is 11.1. The van der Waals surface area contributed by atoms with Crippen molar-refractivity contribution >= 4 is 29.1 Å². The van der Waals surface area contributed by atoms with E-state index in [0.29, 0.717) is 10.9 Å². The van der Waals surface area contributed by atoms with Gasteiger partial charge in [0.15, 0.2) is 0 Å². The van der Waals surface area contributed by atoms with Crippen LogP contribution in [0.1, 0.15) is 11.1 Å². The first-order valence-electron chi connectivity index (χ1n) is 5.74. The topological polar surface area (TPSA) is 43.1 Å². The number of hydrogen-bond acceptors (Lipinski definition) is 4. The molecule has 0 saturated carbocycles. The quantitative estimate of drug-likeness (QED) is 0.549. The standard InChI is InChI=1S/C13H11ClN4S/c1-19-11-4-2-9(3-5-11)6-10-7-15-13-16-8-17-18(13)12(10)14/h2-5,7-8H,6H2,1H3. The Labute approximate surface area is 119 Å². The first-order valence-corrected chi connectivity index (χ1v) is 7.34. The highest BCUT2D eigenvalue weighted by Gasteiger charge is 2.08. The van der Waals surface area contributed by atoms with E-state index in [2.05, 4.69) is 45.6 Å². The van der Waals surface area contributed by atoms with Gasteiger partial charge in [0.05, 0.1) is 0 Å². The fourth-order valence-electron chi connectivity index (χ4n) is 1.87. The van der Waals surface area contributed by atoms with E-state index in [1.807, 2.05) is 0 Å². The average molecular weight is 291 g/mol. The highest BCUT2D eigenvalue weighted by Crippen LogP contribution is 2.20. The molecule has 2 aromatic heterocycles. The Kier molecular flexibility index (Phi) is 3.40. The maximum atomic E-state index is 6.31. The Bertz CT molecular complexity index is 708.